The number of anilines is 1. The zero-order valence-corrected chi connectivity index (χ0v) is 13.9. The lowest BCUT2D eigenvalue weighted by atomic mass is 9.97. The number of aromatic nitrogens is 2. The van der Waals surface area contributed by atoms with Crippen LogP contribution in [0.25, 0.3) is 5.65 Å². The second-order valence-electron chi connectivity index (χ2n) is 6.75. The average molecular weight is 328 g/mol. The molecule has 1 atom stereocenters. The van der Waals surface area contributed by atoms with Gasteiger partial charge in [-0.3, -0.25) is 14.1 Å². The second-order valence-corrected chi connectivity index (χ2v) is 6.75. The normalized spacial score (nSPS) is 22.8. The van der Waals surface area contributed by atoms with Gasteiger partial charge in [0.1, 0.15) is 11.5 Å². The maximum absolute atomic E-state index is 12.3. The summed E-state index contributed by atoms with van der Waals surface area (Å²) >= 11 is 0. The summed E-state index contributed by atoms with van der Waals surface area (Å²) < 4.78 is 7.03. The Morgan fingerprint density at radius 2 is 2.08 bits per heavy atom. The third-order valence-electron chi connectivity index (χ3n) is 5.02. The lowest BCUT2D eigenvalue weighted by molar-refractivity contribution is 0.0296. The van der Waals surface area contributed by atoms with Crippen LogP contribution in [0.5, 0.6) is 0 Å². The molecule has 2 aliphatic heterocycles. The van der Waals surface area contributed by atoms with Crippen molar-refractivity contribution in [3.8, 4) is 0 Å². The van der Waals surface area contributed by atoms with Crippen LogP contribution in [0.15, 0.2) is 35.3 Å². The van der Waals surface area contributed by atoms with E-state index in [1.807, 2.05) is 18.2 Å². The van der Waals surface area contributed by atoms with E-state index in [-0.39, 0.29) is 5.56 Å². The molecular formula is C18H24N4O2. The summed E-state index contributed by atoms with van der Waals surface area (Å²) in [5.41, 5.74) is 0.709. The fourth-order valence-electron chi connectivity index (χ4n) is 3.77. The predicted octanol–water partition coefficient (Wildman–Crippen LogP) is 1.24. The molecule has 0 N–H and O–H groups in total. The Morgan fingerprint density at radius 1 is 1.21 bits per heavy atom. The number of hydrogen-bond acceptors (Lipinski definition) is 5. The Bertz CT molecular complexity index is 754. The Kier molecular flexibility index (Phi) is 4.49. The van der Waals surface area contributed by atoms with Gasteiger partial charge in [0.25, 0.3) is 5.56 Å². The Morgan fingerprint density at radius 3 is 2.96 bits per heavy atom. The maximum Gasteiger partial charge on any atom is 0.259 e. The first-order chi connectivity index (χ1) is 11.8. The highest BCUT2D eigenvalue weighted by Gasteiger charge is 2.24. The van der Waals surface area contributed by atoms with Gasteiger partial charge >= 0.3 is 0 Å². The van der Waals surface area contributed by atoms with Crippen molar-refractivity contribution >= 4 is 11.5 Å². The fourth-order valence-corrected chi connectivity index (χ4v) is 3.77. The van der Waals surface area contributed by atoms with Crippen molar-refractivity contribution in [1.29, 1.82) is 0 Å². The molecule has 0 amide bonds. The molecule has 0 bridgehead atoms. The summed E-state index contributed by atoms with van der Waals surface area (Å²) in [5.74, 6) is 1.45. The summed E-state index contributed by atoms with van der Waals surface area (Å²) in [6.07, 6.45) is 4.18. The monoisotopic (exact) mass is 328 g/mol. The third kappa shape index (κ3) is 3.30. The lowest BCUT2D eigenvalue weighted by Crippen LogP contribution is -2.45. The Balaban J connectivity index is 1.50. The summed E-state index contributed by atoms with van der Waals surface area (Å²) in [6, 6.07) is 7.34. The van der Waals surface area contributed by atoms with Crippen LogP contribution in [0.4, 0.5) is 5.82 Å². The molecule has 128 valence electrons. The molecule has 6 heteroatoms. The van der Waals surface area contributed by atoms with E-state index in [0.29, 0.717) is 5.92 Å². The van der Waals surface area contributed by atoms with Crippen molar-refractivity contribution in [2.24, 2.45) is 5.92 Å². The molecule has 1 unspecified atom stereocenters. The van der Waals surface area contributed by atoms with E-state index in [1.54, 1.807) is 16.7 Å². The van der Waals surface area contributed by atoms with Gasteiger partial charge in [-0.05, 0) is 30.9 Å². The van der Waals surface area contributed by atoms with Crippen LogP contribution in [-0.2, 0) is 4.74 Å². The maximum atomic E-state index is 12.3. The average Bonchev–Trinajstić information content (AvgIpc) is 2.63. The van der Waals surface area contributed by atoms with E-state index in [2.05, 4.69) is 9.80 Å². The van der Waals surface area contributed by atoms with Crippen molar-refractivity contribution in [1.82, 2.24) is 14.3 Å². The SMILES string of the molecule is O=c1cc(N2CCCC(CN3CCOCC3)C2)nc2ccccn12. The van der Waals surface area contributed by atoms with E-state index in [0.717, 1.165) is 63.8 Å². The zero-order chi connectivity index (χ0) is 16.4. The van der Waals surface area contributed by atoms with Crippen LogP contribution in [0.1, 0.15) is 12.8 Å². The van der Waals surface area contributed by atoms with Crippen LogP contribution in [-0.4, -0.2) is 60.2 Å². The van der Waals surface area contributed by atoms with Gasteiger partial charge in [0.15, 0.2) is 0 Å². The Hall–Kier alpha value is -1.92. The van der Waals surface area contributed by atoms with E-state index in [4.69, 9.17) is 9.72 Å². The molecule has 6 nitrogen and oxygen atoms in total. The van der Waals surface area contributed by atoms with Crippen LogP contribution in [0.2, 0.25) is 0 Å². The van der Waals surface area contributed by atoms with Crippen molar-refractivity contribution in [2.75, 3.05) is 50.8 Å². The minimum atomic E-state index is -0.00842. The molecule has 2 fully saturated rings. The number of rotatable bonds is 3. The molecule has 2 aliphatic rings. The number of pyridine rings is 1. The van der Waals surface area contributed by atoms with Crippen molar-refractivity contribution in [3.05, 3.63) is 40.8 Å². The summed E-state index contributed by atoms with van der Waals surface area (Å²) in [4.78, 5) is 21.8. The quantitative estimate of drug-likeness (QED) is 0.849. The fraction of sp³-hybridized carbons (Fsp3) is 0.556. The standard InChI is InChI=1S/C18H24N4O2/c23-18-12-17(19-16-5-1-2-7-22(16)18)21-6-3-4-15(14-21)13-20-8-10-24-11-9-20/h1-2,5,7,12,15H,3-4,6,8-11,13-14H2. The molecule has 0 saturated carbocycles. The molecule has 0 aromatic carbocycles. The number of ether oxygens (including phenoxy) is 1. The van der Waals surface area contributed by atoms with E-state index < -0.39 is 0 Å². The first kappa shape index (κ1) is 15.6. The number of nitrogens with zero attached hydrogens (tertiary/aromatic N) is 4. The largest absolute Gasteiger partial charge is 0.379 e. The lowest BCUT2D eigenvalue weighted by Gasteiger charge is -2.37. The number of hydrogen-bond donors (Lipinski definition) is 0. The predicted molar refractivity (Wildman–Crippen MR) is 93.7 cm³/mol. The van der Waals surface area contributed by atoms with Gasteiger partial charge < -0.3 is 9.64 Å². The van der Waals surface area contributed by atoms with Gasteiger partial charge in [-0.15, -0.1) is 0 Å². The summed E-state index contributed by atoms with van der Waals surface area (Å²) in [7, 11) is 0. The number of morpholine rings is 1. The van der Waals surface area contributed by atoms with Crippen molar-refractivity contribution in [2.45, 2.75) is 12.8 Å². The van der Waals surface area contributed by atoms with Crippen molar-refractivity contribution in [3.63, 3.8) is 0 Å². The molecule has 0 aliphatic carbocycles. The molecule has 2 aromatic rings. The molecule has 4 rings (SSSR count). The van der Waals surface area contributed by atoms with Gasteiger partial charge in [-0.25, -0.2) is 4.98 Å². The van der Waals surface area contributed by atoms with E-state index in [9.17, 15) is 4.79 Å². The van der Waals surface area contributed by atoms with Crippen LogP contribution in [0, 0.1) is 5.92 Å². The number of fused-ring (bicyclic) bond motifs is 1. The highest BCUT2D eigenvalue weighted by molar-refractivity contribution is 5.48. The summed E-state index contributed by atoms with van der Waals surface area (Å²) in [5, 5.41) is 0. The second kappa shape index (κ2) is 6.91. The van der Waals surface area contributed by atoms with Gasteiger partial charge in [0.05, 0.1) is 13.2 Å². The third-order valence-corrected chi connectivity index (χ3v) is 5.02. The van der Waals surface area contributed by atoms with Crippen LogP contribution in [0.3, 0.4) is 0 Å². The first-order valence-corrected chi connectivity index (χ1v) is 8.83. The smallest absolute Gasteiger partial charge is 0.259 e. The van der Waals surface area contributed by atoms with Crippen molar-refractivity contribution < 1.29 is 4.74 Å². The zero-order valence-electron chi connectivity index (χ0n) is 13.9. The molecule has 0 radical (unpaired) electrons. The van der Waals surface area contributed by atoms with Gasteiger partial charge in [-0.1, -0.05) is 6.07 Å². The molecule has 0 spiro atoms. The minimum absolute atomic E-state index is 0.00842. The molecule has 24 heavy (non-hydrogen) atoms. The minimum Gasteiger partial charge on any atom is -0.379 e. The van der Waals surface area contributed by atoms with Gasteiger partial charge in [-0.2, -0.15) is 0 Å². The Labute approximate surface area is 141 Å². The first-order valence-electron chi connectivity index (χ1n) is 8.83. The topological polar surface area (TPSA) is 50.1 Å². The van der Waals surface area contributed by atoms with Gasteiger partial charge in [0, 0.05) is 45.0 Å². The summed E-state index contributed by atoms with van der Waals surface area (Å²) in [6.45, 7) is 6.84. The highest BCUT2D eigenvalue weighted by Crippen LogP contribution is 2.22. The van der Waals surface area contributed by atoms with Crippen LogP contribution >= 0.6 is 0 Å². The van der Waals surface area contributed by atoms with E-state index >= 15 is 0 Å². The highest BCUT2D eigenvalue weighted by atomic mass is 16.5. The van der Waals surface area contributed by atoms with E-state index in [1.165, 1.54) is 6.42 Å². The van der Waals surface area contributed by atoms with Crippen LogP contribution < -0.4 is 10.5 Å². The van der Waals surface area contributed by atoms with Gasteiger partial charge in [0.2, 0.25) is 0 Å². The molecule has 2 aromatic heterocycles. The molecular weight excluding hydrogens is 304 g/mol. The molecule has 2 saturated heterocycles. The number of piperidine rings is 1. The molecule has 4 heterocycles.